The molecule has 1 amide bonds. The Hall–Kier alpha value is -2.98. The number of benzene rings is 1. The van der Waals surface area contributed by atoms with Crippen LogP contribution in [0.1, 0.15) is 98.8 Å². The van der Waals surface area contributed by atoms with Crippen molar-refractivity contribution in [3.63, 3.8) is 0 Å². The molecule has 3 saturated carbocycles. The van der Waals surface area contributed by atoms with Crippen LogP contribution < -0.4 is 10.6 Å². The van der Waals surface area contributed by atoms with Gasteiger partial charge < -0.3 is 15.5 Å². The zero-order valence-electron chi connectivity index (χ0n) is 23.1. The van der Waals surface area contributed by atoms with Crippen LogP contribution in [0.5, 0.6) is 0 Å². The predicted octanol–water partition coefficient (Wildman–Crippen LogP) is 5.48. The number of nitriles is 1. The smallest absolute Gasteiger partial charge is 0.257 e. The highest BCUT2D eigenvalue weighted by Gasteiger charge is 2.44. The maximum atomic E-state index is 13.9. The number of hydrogen-bond acceptors (Lipinski definition) is 6. The molecule has 3 aliphatic carbocycles. The average Bonchev–Trinajstić information content (AvgIpc) is 3.49. The van der Waals surface area contributed by atoms with E-state index >= 15 is 0 Å². The Kier molecular flexibility index (Phi) is 7.57. The minimum atomic E-state index is -0.319. The number of aromatic nitrogens is 2. The number of rotatable bonds is 8. The molecule has 0 unspecified atom stereocenters. The van der Waals surface area contributed by atoms with Gasteiger partial charge in [0, 0.05) is 37.4 Å². The summed E-state index contributed by atoms with van der Waals surface area (Å²) in [7, 11) is 0. The molecule has 1 aliphatic heterocycles. The first-order valence-electron chi connectivity index (χ1n) is 15.2. The van der Waals surface area contributed by atoms with E-state index in [-0.39, 0.29) is 17.3 Å². The van der Waals surface area contributed by atoms with Gasteiger partial charge in [-0.2, -0.15) is 5.26 Å². The van der Waals surface area contributed by atoms with Gasteiger partial charge in [0.1, 0.15) is 17.5 Å². The molecule has 1 saturated heterocycles. The number of carbonyl (C=O) groups excluding carboxylic acids is 1. The molecule has 0 radical (unpaired) electrons. The lowest BCUT2D eigenvalue weighted by atomic mass is 9.80. The minimum Gasteiger partial charge on any atom is -0.369 e. The Morgan fingerprint density at radius 3 is 2.38 bits per heavy atom. The second-order valence-corrected chi connectivity index (χ2v) is 12.8. The topological polar surface area (TPSA) is 93.9 Å². The summed E-state index contributed by atoms with van der Waals surface area (Å²) in [5.74, 6) is 1.02. The van der Waals surface area contributed by atoms with Crippen molar-refractivity contribution in [3.05, 3.63) is 53.5 Å². The van der Waals surface area contributed by atoms with Gasteiger partial charge >= 0.3 is 0 Å². The lowest BCUT2D eigenvalue weighted by molar-refractivity contribution is 0.0738. The van der Waals surface area contributed by atoms with Gasteiger partial charge in [-0.3, -0.25) is 4.79 Å². The molecule has 7 heteroatoms. The van der Waals surface area contributed by atoms with Crippen LogP contribution in [0.25, 0.3) is 0 Å². The van der Waals surface area contributed by atoms with E-state index < -0.39 is 0 Å². The monoisotopic (exact) mass is 526 g/mol. The minimum absolute atomic E-state index is 0.0958. The van der Waals surface area contributed by atoms with Crippen LogP contribution in [0.15, 0.2) is 36.5 Å². The van der Waals surface area contributed by atoms with Crippen LogP contribution in [0, 0.1) is 22.7 Å². The highest BCUT2D eigenvalue weighted by molar-refractivity contribution is 5.99. The largest absolute Gasteiger partial charge is 0.369 e. The summed E-state index contributed by atoms with van der Waals surface area (Å²) in [5.41, 5.74) is 2.02. The lowest BCUT2D eigenvalue weighted by Crippen LogP contribution is -2.57. The van der Waals surface area contributed by atoms with Crippen molar-refractivity contribution >= 4 is 11.7 Å². The van der Waals surface area contributed by atoms with Crippen molar-refractivity contribution in [3.8, 4) is 6.07 Å². The number of carbonyl (C=O) groups is 1. The molecule has 4 aliphatic rings. The fourth-order valence-electron chi connectivity index (χ4n) is 7.38. The third-order valence-electron chi connectivity index (χ3n) is 10.2. The van der Waals surface area contributed by atoms with Crippen LogP contribution in [-0.2, 0) is 6.42 Å². The molecule has 2 aromatic rings. The molecule has 39 heavy (non-hydrogen) atoms. The van der Waals surface area contributed by atoms with Crippen molar-refractivity contribution in [1.29, 1.82) is 5.26 Å². The summed E-state index contributed by atoms with van der Waals surface area (Å²) in [4.78, 5) is 25.2. The summed E-state index contributed by atoms with van der Waals surface area (Å²) in [5, 5.41) is 16.4. The van der Waals surface area contributed by atoms with Crippen LogP contribution in [0.4, 0.5) is 5.82 Å². The van der Waals surface area contributed by atoms with Crippen LogP contribution >= 0.6 is 0 Å². The summed E-state index contributed by atoms with van der Waals surface area (Å²) in [6.45, 7) is 2.80. The summed E-state index contributed by atoms with van der Waals surface area (Å²) in [6.07, 6.45) is 17.4. The molecule has 0 bridgehead atoms. The van der Waals surface area contributed by atoms with Crippen LogP contribution in [0.3, 0.4) is 0 Å². The van der Waals surface area contributed by atoms with E-state index in [9.17, 15) is 10.1 Å². The first kappa shape index (κ1) is 26.3. The van der Waals surface area contributed by atoms with E-state index in [1.807, 2.05) is 12.1 Å². The SMILES string of the molecule is N#Cc1ncc(C(=O)NC2(Cc3ccccc3)CCN(C3CCCC3)CC2)c(NCC2CCC3(CC2)CC3)n1. The Balaban J connectivity index is 1.17. The van der Waals surface area contributed by atoms with Crippen molar-refractivity contribution < 1.29 is 4.79 Å². The third-order valence-corrected chi connectivity index (χ3v) is 10.2. The lowest BCUT2D eigenvalue weighted by Gasteiger charge is -2.44. The summed E-state index contributed by atoms with van der Waals surface area (Å²) < 4.78 is 0. The molecule has 0 atom stereocenters. The summed E-state index contributed by atoms with van der Waals surface area (Å²) >= 11 is 0. The number of hydrogen-bond donors (Lipinski definition) is 2. The van der Waals surface area contributed by atoms with Crippen LogP contribution in [-0.4, -0.2) is 52.0 Å². The van der Waals surface area contributed by atoms with E-state index in [4.69, 9.17) is 0 Å². The van der Waals surface area contributed by atoms with Crippen LogP contribution in [0.2, 0.25) is 0 Å². The molecule has 7 nitrogen and oxygen atoms in total. The van der Waals surface area contributed by atoms with Gasteiger partial charge in [0.05, 0.1) is 0 Å². The first-order chi connectivity index (χ1) is 19.1. The van der Waals surface area contributed by atoms with Crippen molar-refractivity contribution in [2.75, 3.05) is 25.0 Å². The number of nitrogens with one attached hydrogen (secondary N) is 2. The van der Waals surface area contributed by atoms with E-state index in [1.54, 1.807) is 0 Å². The van der Waals surface area contributed by atoms with Gasteiger partial charge in [-0.1, -0.05) is 43.2 Å². The Bertz CT molecular complexity index is 1180. The van der Waals surface area contributed by atoms with Crippen molar-refractivity contribution in [1.82, 2.24) is 20.2 Å². The van der Waals surface area contributed by atoms with Crippen molar-refractivity contribution in [2.45, 2.75) is 95.1 Å². The highest BCUT2D eigenvalue weighted by atomic mass is 16.1. The van der Waals surface area contributed by atoms with Gasteiger partial charge in [0.25, 0.3) is 5.91 Å². The van der Waals surface area contributed by atoms with E-state index in [1.165, 1.54) is 76.0 Å². The predicted molar refractivity (Wildman–Crippen MR) is 152 cm³/mol. The molecular formula is C32H42N6O. The molecule has 1 spiro atoms. The van der Waals surface area contributed by atoms with Gasteiger partial charge in [-0.25, -0.2) is 9.97 Å². The standard InChI is InChI=1S/C32H42N6O/c33-21-28-34-23-27(29(36-28)35-22-25-10-12-31(13-11-25)14-15-31)30(39)37-32(20-24-6-2-1-3-7-24)16-18-38(19-17-32)26-8-4-5-9-26/h1-3,6-7,23,25-26H,4-5,8-20,22H2,(H,37,39)(H,34,35,36). The van der Waals surface area contributed by atoms with Gasteiger partial charge in [0.15, 0.2) is 0 Å². The molecule has 1 aromatic carbocycles. The molecule has 6 rings (SSSR count). The van der Waals surface area contributed by atoms with Gasteiger partial charge in [0.2, 0.25) is 5.82 Å². The van der Waals surface area contributed by atoms with E-state index in [2.05, 4.69) is 49.8 Å². The quantitative estimate of drug-likeness (QED) is 0.473. The maximum Gasteiger partial charge on any atom is 0.257 e. The summed E-state index contributed by atoms with van der Waals surface area (Å²) in [6, 6.07) is 13.3. The average molecular weight is 527 g/mol. The Labute approximate surface area is 232 Å². The maximum absolute atomic E-state index is 13.9. The second kappa shape index (κ2) is 11.3. The molecular weight excluding hydrogens is 484 g/mol. The van der Waals surface area contributed by atoms with Crippen molar-refractivity contribution in [2.24, 2.45) is 11.3 Å². The third kappa shape index (κ3) is 6.11. The fourth-order valence-corrected chi connectivity index (χ4v) is 7.38. The van der Waals surface area contributed by atoms with E-state index in [0.29, 0.717) is 28.8 Å². The molecule has 1 aromatic heterocycles. The zero-order valence-corrected chi connectivity index (χ0v) is 23.1. The zero-order chi connectivity index (χ0) is 26.7. The second-order valence-electron chi connectivity index (χ2n) is 12.8. The highest BCUT2D eigenvalue weighted by Crippen LogP contribution is 2.57. The molecule has 206 valence electrons. The van der Waals surface area contributed by atoms with Gasteiger partial charge in [-0.15, -0.1) is 0 Å². The molecule has 2 heterocycles. The number of amides is 1. The number of anilines is 1. The number of likely N-dealkylation sites (tertiary alicyclic amines) is 1. The van der Waals surface area contributed by atoms with Gasteiger partial charge in [-0.05, 0) is 87.5 Å². The molecule has 4 fully saturated rings. The first-order valence-corrected chi connectivity index (χ1v) is 15.2. The fraction of sp³-hybridized carbons (Fsp3) is 0.625. The number of piperidine rings is 1. The Morgan fingerprint density at radius 2 is 1.72 bits per heavy atom. The molecule has 2 N–H and O–H groups in total. The van der Waals surface area contributed by atoms with E-state index in [0.717, 1.165) is 38.9 Å². The number of nitrogens with zero attached hydrogens (tertiary/aromatic N) is 4. The Morgan fingerprint density at radius 1 is 1.00 bits per heavy atom. The normalized spacial score (nSPS) is 22.8.